The van der Waals surface area contributed by atoms with Crippen LogP contribution in [0.25, 0.3) is 0 Å². The van der Waals surface area contributed by atoms with E-state index >= 15 is 0 Å². The van der Waals surface area contributed by atoms with Crippen LogP contribution in [0, 0.1) is 25.2 Å². The van der Waals surface area contributed by atoms with Gasteiger partial charge in [-0.25, -0.2) is 4.79 Å². The van der Waals surface area contributed by atoms with E-state index in [9.17, 15) is 14.7 Å². The molecule has 5 nitrogen and oxygen atoms in total. The Balaban J connectivity index is 2.27. The van der Waals surface area contributed by atoms with Gasteiger partial charge >= 0.3 is 5.97 Å². The molecule has 2 aromatic carbocycles. The van der Waals surface area contributed by atoms with E-state index in [-0.39, 0.29) is 12.3 Å². The van der Waals surface area contributed by atoms with Gasteiger partial charge in [-0.05, 0) is 55.2 Å². The van der Waals surface area contributed by atoms with E-state index in [4.69, 9.17) is 5.26 Å². The average molecular weight is 336 g/mol. The van der Waals surface area contributed by atoms with Crippen LogP contribution in [0.3, 0.4) is 0 Å². The number of aryl methyl sites for hydroxylation is 2. The van der Waals surface area contributed by atoms with Crippen LogP contribution in [0.5, 0.6) is 0 Å². The summed E-state index contributed by atoms with van der Waals surface area (Å²) in [5, 5.41) is 21.3. The molecule has 0 saturated carbocycles. The van der Waals surface area contributed by atoms with Gasteiger partial charge in [0.15, 0.2) is 5.54 Å². The Labute approximate surface area is 146 Å². The van der Waals surface area contributed by atoms with Gasteiger partial charge in [-0.1, -0.05) is 30.3 Å². The van der Waals surface area contributed by atoms with E-state index in [1.54, 1.807) is 42.5 Å². The molecule has 5 heteroatoms. The maximum atomic E-state index is 12.5. The molecule has 0 spiro atoms. The van der Waals surface area contributed by atoms with Crippen molar-refractivity contribution in [3.05, 3.63) is 70.3 Å². The third-order valence-corrected chi connectivity index (χ3v) is 4.33. The van der Waals surface area contributed by atoms with Crippen molar-refractivity contribution in [3.8, 4) is 6.07 Å². The van der Waals surface area contributed by atoms with Crippen LogP contribution in [0.1, 0.15) is 34.7 Å². The molecule has 1 atom stereocenters. The first-order valence-corrected chi connectivity index (χ1v) is 7.88. The zero-order chi connectivity index (χ0) is 18.6. The lowest BCUT2D eigenvalue weighted by Gasteiger charge is -2.27. The molecular weight excluding hydrogens is 316 g/mol. The SMILES string of the molecule is Cc1cc(C#N)cc(C)c1CC(=O)NC(C)(C(=O)O)c1ccccc1. The monoisotopic (exact) mass is 336 g/mol. The highest BCUT2D eigenvalue weighted by Crippen LogP contribution is 2.22. The summed E-state index contributed by atoms with van der Waals surface area (Å²) in [4.78, 5) is 24.3. The Hall–Kier alpha value is -3.13. The Bertz CT molecular complexity index is 830. The van der Waals surface area contributed by atoms with Crippen LogP contribution >= 0.6 is 0 Å². The third-order valence-electron chi connectivity index (χ3n) is 4.33. The number of amides is 1. The van der Waals surface area contributed by atoms with E-state index in [1.807, 2.05) is 13.8 Å². The molecule has 2 aromatic rings. The molecule has 2 rings (SSSR count). The minimum atomic E-state index is -1.51. The number of aliphatic carboxylic acids is 1. The molecule has 0 saturated heterocycles. The Morgan fingerprint density at radius 1 is 1.16 bits per heavy atom. The van der Waals surface area contributed by atoms with Crippen molar-refractivity contribution in [3.63, 3.8) is 0 Å². The quantitative estimate of drug-likeness (QED) is 0.878. The highest BCUT2D eigenvalue weighted by Gasteiger charge is 2.36. The molecule has 0 fully saturated rings. The van der Waals surface area contributed by atoms with Gasteiger partial charge in [0.2, 0.25) is 5.91 Å². The molecule has 0 aliphatic carbocycles. The maximum Gasteiger partial charge on any atom is 0.333 e. The Morgan fingerprint density at radius 3 is 2.20 bits per heavy atom. The molecule has 1 amide bonds. The number of nitrogens with one attached hydrogen (secondary N) is 1. The number of carbonyl (C=O) groups is 2. The normalized spacial score (nSPS) is 12.7. The number of carboxylic acids is 1. The van der Waals surface area contributed by atoms with E-state index < -0.39 is 11.5 Å². The molecule has 0 bridgehead atoms. The van der Waals surface area contributed by atoms with Crippen LogP contribution in [-0.4, -0.2) is 17.0 Å². The van der Waals surface area contributed by atoms with Crippen molar-refractivity contribution in [1.82, 2.24) is 5.32 Å². The van der Waals surface area contributed by atoms with Gasteiger partial charge in [0, 0.05) is 0 Å². The number of nitriles is 1. The second-order valence-electron chi connectivity index (χ2n) is 6.22. The number of carbonyl (C=O) groups excluding carboxylic acids is 1. The van der Waals surface area contributed by atoms with Gasteiger partial charge in [0.05, 0.1) is 18.1 Å². The maximum absolute atomic E-state index is 12.5. The number of hydrogen-bond donors (Lipinski definition) is 2. The summed E-state index contributed by atoms with van der Waals surface area (Å²) in [5.41, 5.74) is 2.01. The topological polar surface area (TPSA) is 90.2 Å². The zero-order valence-corrected chi connectivity index (χ0v) is 14.5. The fourth-order valence-corrected chi connectivity index (χ4v) is 2.84. The minimum absolute atomic E-state index is 0.0546. The summed E-state index contributed by atoms with van der Waals surface area (Å²) in [6, 6.07) is 14.1. The van der Waals surface area contributed by atoms with Crippen LogP contribution in [0.15, 0.2) is 42.5 Å². The van der Waals surface area contributed by atoms with Crippen molar-refractivity contribution >= 4 is 11.9 Å². The fourth-order valence-electron chi connectivity index (χ4n) is 2.84. The molecule has 2 N–H and O–H groups in total. The standard InChI is InChI=1S/C20H20N2O3/c1-13-9-15(12-21)10-14(2)17(13)11-18(23)22-20(3,19(24)25)16-7-5-4-6-8-16/h4-10H,11H2,1-3H3,(H,22,23)(H,24,25). The Kier molecular flexibility index (Phi) is 5.23. The number of nitrogens with zero attached hydrogens (tertiary/aromatic N) is 1. The number of carboxylic acid groups (broad SMARTS) is 1. The molecule has 0 radical (unpaired) electrons. The molecule has 1 unspecified atom stereocenters. The predicted molar refractivity (Wildman–Crippen MR) is 93.9 cm³/mol. The van der Waals surface area contributed by atoms with Crippen LogP contribution in [-0.2, 0) is 21.5 Å². The van der Waals surface area contributed by atoms with Crippen molar-refractivity contribution < 1.29 is 14.7 Å². The van der Waals surface area contributed by atoms with Gasteiger partial charge in [-0.3, -0.25) is 4.79 Å². The summed E-state index contributed by atoms with van der Waals surface area (Å²) in [6.45, 7) is 5.15. The van der Waals surface area contributed by atoms with Crippen LogP contribution in [0.4, 0.5) is 0 Å². The lowest BCUT2D eigenvalue weighted by Crippen LogP contribution is -2.50. The lowest BCUT2D eigenvalue weighted by molar-refractivity contribution is -0.147. The van der Waals surface area contributed by atoms with E-state index in [0.717, 1.165) is 16.7 Å². The number of hydrogen-bond acceptors (Lipinski definition) is 3. The molecule has 25 heavy (non-hydrogen) atoms. The largest absolute Gasteiger partial charge is 0.479 e. The lowest BCUT2D eigenvalue weighted by atomic mass is 9.91. The van der Waals surface area contributed by atoms with Gasteiger partial charge in [0.1, 0.15) is 0 Å². The summed E-state index contributed by atoms with van der Waals surface area (Å²) in [7, 11) is 0. The highest BCUT2D eigenvalue weighted by atomic mass is 16.4. The van der Waals surface area contributed by atoms with Gasteiger partial charge in [0.25, 0.3) is 0 Å². The second-order valence-corrected chi connectivity index (χ2v) is 6.22. The molecular formula is C20H20N2O3. The van der Waals surface area contributed by atoms with Crippen LogP contribution < -0.4 is 5.32 Å². The van der Waals surface area contributed by atoms with Crippen molar-refractivity contribution in [2.24, 2.45) is 0 Å². The first kappa shape index (κ1) is 18.2. The second kappa shape index (κ2) is 7.18. The average Bonchev–Trinajstić information content (AvgIpc) is 2.58. The smallest absolute Gasteiger partial charge is 0.333 e. The summed E-state index contributed by atoms with van der Waals surface area (Å²) < 4.78 is 0. The van der Waals surface area contributed by atoms with Crippen molar-refractivity contribution in [1.29, 1.82) is 5.26 Å². The van der Waals surface area contributed by atoms with Gasteiger partial charge in [-0.2, -0.15) is 5.26 Å². The number of rotatable bonds is 5. The van der Waals surface area contributed by atoms with Gasteiger partial charge in [-0.15, -0.1) is 0 Å². The third kappa shape index (κ3) is 3.86. The summed E-state index contributed by atoms with van der Waals surface area (Å²) in [6.07, 6.45) is 0.0546. The minimum Gasteiger partial charge on any atom is -0.479 e. The van der Waals surface area contributed by atoms with E-state index in [1.165, 1.54) is 6.92 Å². The van der Waals surface area contributed by atoms with Crippen molar-refractivity contribution in [2.75, 3.05) is 0 Å². The first-order chi connectivity index (χ1) is 11.8. The zero-order valence-electron chi connectivity index (χ0n) is 14.5. The molecule has 0 aliphatic rings. The van der Waals surface area contributed by atoms with Crippen LogP contribution in [0.2, 0.25) is 0 Å². The highest BCUT2D eigenvalue weighted by molar-refractivity contribution is 5.89. The van der Waals surface area contributed by atoms with Crippen molar-refractivity contribution in [2.45, 2.75) is 32.7 Å². The molecule has 0 heterocycles. The fraction of sp³-hybridized carbons (Fsp3) is 0.250. The van der Waals surface area contributed by atoms with Gasteiger partial charge < -0.3 is 10.4 Å². The summed E-state index contributed by atoms with van der Waals surface area (Å²) >= 11 is 0. The molecule has 0 aliphatic heterocycles. The Morgan fingerprint density at radius 2 is 1.72 bits per heavy atom. The predicted octanol–water partition coefficient (Wildman–Crippen LogP) is 2.83. The molecule has 0 aromatic heterocycles. The summed E-state index contributed by atoms with van der Waals surface area (Å²) in [5.74, 6) is -1.51. The van der Waals surface area contributed by atoms with E-state index in [0.29, 0.717) is 11.1 Å². The van der Waals surface area contributed by atoms with E-state index in [2.05, 4.69) is 11.4 Å². The molecule has 128 valence electrons. The number of benzene rings is 2. The first-order valence-electron chi connectivity index (χ1n) is 7.88.